The highest BCUT2D eigenvalue weighted by Crippen LogP contribution is 2.13. The molecule has 0 fully saturated rings. The van der Waals surface area contributed by atoms with E-state index in [0.717, 1.165) is 0 Å². The van der Waals surface area contributed by atoms with Crippen LogP contribution in [0.5, 0.6) is 0 Å². The topological polar surface area (TPSA) is 84.5 Å². The first kappa shape index (κ1) is 16.6. The van der Waals surface area contributed by atoms with Crippen LogP contribution in [0.2, 0.25) is 0 Å². The van der Waals surface area contributed by atoms with Crippen LogP contribution >= 0.6 is 11.6 Å². The minimum absolute atomic E-state index is 0.0261. The predicted molar refractivity (Wildman–Crippen MR) is 76.6 cm³/mol. The van der Waals surface area contributed by atoms with Gasteiger partial charge >= 0.3 is 0 Å². The van der Waals surface area contributed by atoms with Gasteiger partial charge in [-0.2, -0.15) is 0 Å². The minimum atomic E-state index is -3.76. The Kier molecular flexibility index (Phi) is 6.15. The summed E-state index contributed by atoms with van der Waals surface area (Å²) in [5.41, 5.74) is 0.512. The molecule has 0 bridgehead atoms. The van der Waals surface area contributed by atoms with Gasteiger partial charge in [0.1, 0.15) is 0 Å². The molecule has 110 valence electrons. The van der Waals surface area contributed by atoms with Gasteiger partial charge in [0.25, 0.3) is 10.0 Å². The maximum absolute atomic E-state index is 11.8. The summed E-state index contributed by atoms with van der Waals surface area (Å²) in [6.07, 6.45) is 1.52. The van der Waals surface area contributed by atoms with Gasteiger partial charge < -0.3 is 5.32 Å². The third kappa shape index (κ3) is 5.70. The van der Waals surface area contributed by atoms with Gasteiger partial charge in [-0.3, -0.25) is 9.63 Å². The van der Waals surface area contributed by atoms with Crippen molar-refractivity contribution in [3.63, 3.8) is 0 Å². The number of nitrogens with one attached hydrogen (secondary N) is 2. The highest BCUT2D eigenvalue weighted by atomic mass is 35.5. The molecule has 0 aliphatic carbocycles. The number of rotatable bonds is 6. The van der Waals surface area contributed by atoms with E-state index in [1.807, 2.05) is 4.89 Å². The summed E-state index contributed by atoms with van der Waals surface area (Å²) < 4.78 is 23.7. The first-order chi connectivity index (χ1) is 9.31. The van der Waals surface area contributed by atoms with Crippen LogP contribution in [0.3, 0.4) is 0 Å². The average Bonchev–Trinajstić information content (AvgIpc) is 2.34. The first-order valence-electron chi connectivity index (χ1n) is 5.65. The number of amides is 1. The molecule has 0 radical (unpaired) electrons. The Morgan fingerprint density at radius 3 is 2.40 bits per heavy atom. The van der Waals surface area contributed by atoms with Gasteiger partial charge in [-0.25, -0.2) is 8.42 Å². The lowest BCUT2D eigenvalue weighted by Gasteiger charge is -2.07. The summed E-state index contributed by atoms with van der Waals surface area (Å²) in [5.74, 6) is -0.231. The van der Waals surface area contributed by atoms with Crippen LogP contribution in [-0.2, 0) is 19.7 Å². The number of hydrogen-bond acceptors (Lipinski definition) is 4. The minimum Gasteiger partial charge on any atom is -0.326 e. The Labute approximate surface area is 122 Å². The third-order valence-corrected chi connectivity index (χ3v) is 3.49. The number of sulfonamides is 1. The van der Waals surface area contributed by atoms with Crippen molar-refractivity contribution >= 4 is 33.2 Å². The highest BCUT2D eigenvalue weighted by Gasteiger charge is 2.13. The fourth-order valence-electron chi connectivity index (χ4n) is 1.24. The monoisotopic (exact) mass is 318 g/mol. The molecule has 8 heteroatoms. The molecule has 0 saturated carbocycles. The van der Waals surface area contributed by atoms with Crippen molar-refractivity contribution in [2.24, 2.45) is 0 Å². The molecule has 20 heavy (non-hydrogen) atoms. The van der Waals surface area contributed by atoms with E-state index in [9.17, 15) is 13.2 Å². The molecule has 6 nitrogen and oxygen atoms in total. The second-order valence-electron chi connectivity index (χ2n) is 3.89. The molecule has 0 atom stereocenters. The molecular formula is C12H15ClN2O4S. The Morgan fingerprint density at radius 1 is 1.30 bits per heavy atom. The average molecular weight is 319 g/mol. The van der Waals surface area contributed by atoms with Crippen LogP contribution in [0, 0.1) is 0 Å². The Bertz CT molecular complexity index is 592. The van der Waals surface area contributed by atoms with E-state index < -0.39 is 10.0 Å². The van der Waals surface area contributed by atoms with Crippen LogP contribution in [-0.4, -0.2) is 20.9 Å². The number of carbonyl (C=O) groups is 1. The molecule has 1 rings (SSSR count). The van der Waals surface area contributed by atoms with Crippen molar-refractivity contribution in [1.82, 2.24) is 4.89 Å². The number of benzene rings is 1. The summed E-state index contributed by atoms with van der Waals surface area (Å²) in [6, 6.07) is 5.69. The van der Waals surface area contributed by atoms with E-state index in [4.69, 9.17) is 16.4 Å². The second kappa shape index (κ2) is 7.39. The van der Waals surface area contributed by atoms with E-state index in [-0.39, 0.29) is 17.4 Å². The zero-order chi connectivity index (χ0) is 15.2. The van der Waals surface area contributed by atoms with Crippen LogP contribution in [0.4, 0.5) is 5.69 Å². The van der Waals surface area contributed by atoms with Crippen LogP contribution in [0.1, 0.15) is 13.8 Å². The Balaban J connectivity index is 2.68. The molecule has 2 N–H and O–H groups in total. The van der Waals surface area contributed by atoms with Crippen LogP contribution < -0.4 is 10.2 Å². The molecule has 0 aliphatic heterocycles. The number of anilines is 1. The lowest BCUT2D eigenvalue weighted by molar-refractivity contribution is -0.114. The number of carbonyl (C=O) groups excluding carboxylic acids is 1. The lowest BCUT2D eigenvalue weighted by Crippen LogP contribution is -2.24. The Morgan fingerprint density at radius 2 is 1.90 bits per heavy atom. The fraction of sp³-hybridized carbons (Fsp3) is 0.250. The SMILES string of the molecule is CC(=O)Nc1ccc(S(=O)(=O)NOC/C=C(\C)Cl)cc1. The largest absolute Gasteiger partial charge is 0.326 e. The van der Waals surface area contributed by atoms with Crippen molar-refractivity contribution < 1.29 is 18.0 Å². The molecule has 1 aromatic carbocycles. The van der Waals surface area contributed by atoms with Crippen LogP contribution in [0.15, 0.2) is 40.3 Å². The van der Waals surface area contributed by atoms with Gasteiger partial charge in [0.15, 0.2) is 0 Å². The Hall–Kier alpha value is -1.41. The van der Waals surface area contributed by atoms with E-state index in [1.165, 1.54) is 37.3 Å². The molecule has 1 aromatic rings. The van der Waals surface area contributed by atoms with Crippen LogP contribution in [0.25, 0.3) is 0 Å². The van der Waals surface area contributed by atoms with Crippen molar-refractivity contribution in [2.75, 3.05) is 11.9 Å². The maximum Gasteiger partial charge on any atom is 0.262 e. The lowest BCUT2D eigenvalue weighted by atomic mass is 10.3. The smallest absolute Gasteiger partial charge is 0.262 e. The van der Waals surface area contributed by atoms with Crippen molar-refractivity contribution in [2.45, 2.75) is 18.7 Å². The summed E-state index contributed by atoms with van der Waals surface area (Å²) >= 11 is 5.57. The van der Waals surface area contributed by atoms with Gasteiger partial charge in [-0.15, -0.1) is 0 Å². The number of halogens is 1. The van der Waals surface area contributed by atoms with Gasteiger partial charge in [0.05, 0.1) is 11.5 Å². The third-order valence-electron chi connectivity index (χ3n) is 2.10. The van der Waals surface area contributed by atoms with Crippen molar-refractivity contribution in [3.05, 3.63) is 35.4 Å². The highest BCUT2D eigenvalue weighted by molar-refractivity contribution is 7.89. The van der Waals surface area contributed by atoms with Crippen molar-refractivity contribution in [3.8, 4) is 0 Å². The summed E-state index contributed by atoms with van der Waals surface area (Å²) in [4.78, 5) is 17.6. The molecule has 0 spiro atoms. The molecular weight excluding hydrogens is 304 g/mol. The predicted octanol–water partition coefficient (Wildman–Crippen LogP) is 2.00. The van der Waals surface area contributed by atoms with E-state index in [0.29, 0.717) is 10.7 Å². The normalized spacial score (nSPS) is 12.2. The van der Waals surface area contributed by atoms with E-state index >= 15 is 0 Å². The zero-order valence-corrected chi connectivity index (χ0v) is 12.6. The zero-order valence-electron chi connectivity index (χ0n) is 11.0. The molecule has 0 aromatic heterocycles. The molecule has 0 unspecified atom stereocenters. The standard InChI is InChI=1S/C12H15ClN2O4S/c1-9(13)7-8-19-15-20(17,18)12-5-3-11(4-6-12)14-10(2)16/h3-7,15H,8H2,1-2H3,(H,14,16)/b9-7+. The van der Waals surface area contributed by atoms with Gasteiger partial charge in [0, 0.05) is 17.6 Å². The molecule has 0 heterocycles. The van der Waals surface area contributed by atoms with E-state index in [2.05, 4.69) is 5.32 Å². The van der Waals surface area contributed by atoms with Crippen molar-refractivity contribution in [1.29, 1.82) is 0 Å². The van der Waals surface area contributed by atoms with E-state index in [1.54, 1.807) is 6.92 Å². The molecule has 1 amide bonds. The summed E-state index contributed by atoms with van der Waals surface area (Å²) in [7, 11) is -3.76. The summed E-state index contributed by atoms with van der Waals surface area (Å²) in [5, 5.41) is 3.04. The quantitative estimate of drug-likeness (QED) is 0.620. The first-order valence-corrected chi connectivity index (χ1v) is 7.51. The summed E-state index contributed by atoms with van der Waals surface area (Å²) in [6.45, 7) is 3.05. The van der Waals surface area contributed by atoms with Gasteiger partial charge in [-0.05, 0) is 37.3 Å². The molecule has 0 aliphatic rings. The number of hydrogen-bond donors (Lipinski definition) is 2. The fourth-order valence-corrected chi connectivity index (χ4v) is 2.11. The number of allylic oxidation sites excluding steroid dienone is 1. The maximum atomic E-state index is 11.8. The second-order valence-corrected chi connectivity index (χ2v) is 6.14. The van der Waals surface area contributed by atoms with Gasteiger partial charge in [-0.1, -0.05) is 16.5 Å². The molecule has 0 saturated heterocycles. The van der Waals surface area contributed by atoms with Gasteiger partial charge in [0.2, 0.25) is 5.91 Å².